The first-order valence-corrected chi connectivity index (χ1v) is 8.97. The van der Waals surface area contributed by atoms with E-state index in [9.17, 15) is 8.42 Å². The van der Waals surface area contributed by atoms with Crippen LogP contribution < -0.4 is 10.0 Å². The molecular formula is C12H19N5O2S2. The van der Waals surface area contributed by atoms with Gasteiger partial charge in [0.2, 0.25) is 5.13 Å². The van der Waals surface area contributed by atoms with Gasteiger partial charge in [-0.2, -0.15) is 0 Å². The van der Waals surface area contributed by atoms with Crippen LogP contribution in [-0.4, -0.2) is 29.7 Å². The average molecular weight is 329 g/mol. The van der Waals surface area contributed by atoms with Crippen LogP contribution in [0, 0.1) is 0 Å². The molecule has 0 spiro atoms. The summed E-state index contributed by atoms with van der Waals surface area (Å²) in [6, 6.07) is 1.66. The molecule has 116 valence electrons. The van der Waals surface area contributed by atoms with Crippen LogP contribution in [0.3, 0.4) is 0 Å². The van der Waals surface area contributed by atoms with Crippen molar-refractivity contribution in [2.45, 2.75) is 31.7 Å². The Hall–Kier alpha value is -1.45. The van der Waals surface area contributed by atoms with Gasteiger partial charge in [-0.15, -0.1) is 10.2 Å². The molecule has 21 heavy (non-hydrogen) atoms. The molecule has 2 N–H and O–H groups in total. The van der Waals surface area contributed by atoms with Gasteiger partial charge < -0.3 is 9.88 Å². The molecule has 0 saturated heterocycles. The molecule has 7 nitrogen and oxygen atoms in total. The standard InChI is InChI=1S/C12H19N5O2S2/c1-4-11-14-15-12(20-11)16-21(18,19)10-6-9(7-13-5-2)17(3)8-10/h6,8,13H,4-5,7H2,1-3H3,(H,15,16). The van der Waals surface area contributed by atoms with Crippen molar-refractivity contribution in [3.05, 3.63) is 23.0 Å². The molecule has 2 aromatic rings. The van der Waals surface area contributed by atoms with Crippen LogP contribution in [0.2, 0.25) is 0 Å². The highest BCUT2D eigenvalue weighted by Gasteiger charge is 2.19. The minimum atomic E-state index is -3.63. The van der Waals surface area contributed by atoms with Gasteiger partial charge in [0.25, 0.3) is 10.0 Å². The van der Waals surface area contributed by atoms with Crippen molar-refractivity contribution in [2.24, 2.45) is 7.05 Å². The molecule has 0 fully saturated rings. The number of aryl methyl sites for hydroxylation is 2. The van der Waals surface area contributed by atoms with E-state index in [1.165, 1.54) is 11.3 Å². The largest absolute Gasteiger partial charge is 0.352 e. The number of nitrogens with one attached hydrogen (secondary N) is 2. The number of sulfonamides is 1. The lowest BCUT2D eigenvalue weighted by molar-refractivity contribution is 0.601. The van der Waals surface area contributed by atoms with E-state index in [0.717, 1.165) is 23.7 Å². The summed E-state index contributed by atoms with van der Waals surface area (Å²) >= 11 is 1.25. The minimum Gasteiger partial charge on any atom is -0.352 e. The first-order valence-electron chi connectivity index (χ1n) is 6.67. The number of hydrogen-bond acceptors (Lipinski definition) is 6. The zero-order valence-electron chi connectivity index (χ0n) is 12.3. The van der Waals surface area contributed by atoms with Gasteiger partial charge in [-0.25, -0.2) is 8.42 Å². The van der Waals surface area contributed by atoms with E-state index in [0.29, 0.717) is 11.7 Å². The van der Waals surface area contributed by atoms with E-state index in [4.69, 9.17) is 0 Å². The minimum absolute atomic E-state index is 0.228. The normalized spacial score (nSPS) is 11.8. The quantitative estimate of drug-likeness (QED) is 0.800. The van der Waals surface area contributed by atoms with Crippen LogP contribution >= 0.6 is 11.3 Å². The van der Waals surface area contributed by atoms with Gasteiger partial charge in [0, 0.05) is 25.5 Å². The molecule has 0 radical (unpaired) electrons. The molecule has 0 aliphatic carbocycles. The van der Waals surface area contributed by atoms with Crippen molar-refractivity contribution >= 4 is 26.5 Å². The molecule has 0 aliphatic rings. The fourth-order valence-corrected chi connectivity index (χ4v) is 3.77. The lowest BCUT2D eigenvalue weighted by atomic mass is 10.4. The topological polar surface area (TPSA) is 88.9 Å². The van der Waals surface area contributed by atoms with Gasteiger partial charge in [0.05, 0.1) is 0 Å². The predicted molar refractivity (Wildman–Crippen MR) is 82.9 cm³/mol. The number of aromatic nitrogens is 3. The number of rotatable bonds is 7. The summed E-state index contributed by atoms with van der Waals surface area (Å²) in [6.45, 7) is 5.41. The molecular weight excluding hydrogens is 310 g/mol. The zero-order valence-corrected chi connectivity index (χ0v) is 13.9. The van der Waals surface area contributed by atoms with E-state index >= 15 is 0 Å². The first kappa shape index (κ1) is 15.9. The molecule has 2 aromatic heterocycles. The summed E-state index contributed by atoms with van der Waals surface area (Å²) in [5, 5.41) is 12.0. The monoisotopic (exact) mass is 329 g/mol. The van der Waals surface area contributed by atoms with Crippen LogP contribution in [0.4, 0.5) is 5.13 Å². The van der Waals surface area contributed by atoms with E-state index in [1.807, 2.05) is 20.9 Å². The van der Waals surface area contributed by atoms with E-state index < -0.39 is 10.0 Å². The van der Waals surface area contributed by atoms with Crippen LogP contribution in [0.5, 0.6) is 0 Å². The molecule has 0 atom stereocenters. The third-order valence-corrected chi connectivity index (χ3v) is 5.36. The lowest BCUT2D eigenvalue weighted by Gasteiger charge is -2.01. The molecule has 2 heterocycles. The van der Waals surface area contributed by atoms with E-state index in [1.54, 1.807) is 16.8 Å². The van der Waals surface area contributed by atoms with Crippen molar-refractivity contribution in [3.63, 3.8) is 0 Å². The predicted octanol–water partition coefficient (Wildman–Crippen LogP) is 1.35. The maximum Gasteiger partial charge on any atom is 0.265 e. The SMILES string of the molecule is CCNCc1cc(S(=O)(=O)Nc2nnc(CC)s2)cn1C. The zero-order chi connectivity index (χ0) is 15.5. The van der Waals surface area contributed by atoms with Gasteiger partial charge in [-0.1, -0.05) is 25.2 Å². The Morgan fingerprint density at radius 1 is 1.33 bits per heavy atom. The van der Waals surface area contributed by atoms with Crippen LogP contribution in [0.15, 0.2) is 17.2 Å². The maximum absolute atomic E-state index is 12.3. The first-order chi connectivity index (χ1) is 9.96. The molecule has 0 aliphatic heterocycles. The molecule has 0 amide bonds. The van der Waals surface area contributed by atoms with Crippen molar-refractivity contribution in [1.82, 2.24) is 20.1 Å². The Balaban J connectivity index is 2.19. The fourth-order valence-electron chi connectivity index (χ4n) is 1.76. The fraction of sp³-hybridized carbons (Fsp3) is 0.500. The van der Waals surface area contributed by atoms with Gasteiger partial charge in [0.1, 0.15) is 9.90 Å². The van der Waals surface area contributed by atoms with Crippen molar-refractivity contribution in [3.8, 4) is 0 Å². The Bertz CT molecular complexity index is 705. The summed E-state index contributed by atoms with van der Waals surface area (Å²) in [6.07, 6.45) is 2.33. The second kappa shape index (κ2) is 6.54. The van der Waals surface area contributed by atoms with Crippen molar-refractivity contribution in [1.29, 1.82) is 0 Å². The molecule has 2 rings (SSSR count). The van der Waals surface area contributed by atoms with E-state index in [2.05, 4.69) is 20.2 Å². The van der Waals surface area contributed by atoms with E-state index in [-0.39, 0.29) is 4.90 Å². The Labute approximate surface area is 128 Å². The maximum atomic E-state index is 12.3. The molecule has 0 aromatic carbocycles. The van der Waals surface area contributed by atoms with Crippen LogP contribution in [-0.2, 0) is 30.0 Å². The molecule has 0 bridgehead atoms. The summed E-state index contributed by atoms with van der Waals surface area (Å²) in [4.78, 5) is 0.228. The highest BCUT2D eigenvalue weighted by molar-refractivity contribution is 7.93. The highest BCUT2D eigenvalue weighted by Crippen LogP contribution is 2.21. The second-order valence-electron chi connectivity index (χ2n) is 4.52. The Kier molecular flexibility index (Phi) is 4.96. The van der Waals surface area contributed by atoms with Gasteiger partial charge >= 0.3 is 0 Å². The molecule has 0 unspecified atom stereocenters. The van der Waals surface area contributed by atoms with Gasteiger partial charge in [0.15, 0.2) is 0 Å². The smallest absolute Gasteiger partial charge is 0.265 e. The molecule has 0 saturated carbocycles. The summed E-state index contributed by atoms with van der Waals surface area (Å²) < 4.78 is 28.9. The number of anilines is 1. The second-order valence-corrected chi connectivity index (χ2v) is 7.26. The Morgan fingerprint density at radius 2 is 2.10 bits per heavy atom. The third kappa shape index (κ3) is 3.80. The summed E-state index contributed by atoms with van der Waals surface area (Å²) in [5.74, 6) is 0. The Morgan fingerprint density at radius 3 is 2.71 bits per heavy atom. The van der Waals surface area contributed by atoms with Crippen LogP contribution in [0.25, 0.3) is 0 Å². The summed E-state index contributed by atoms with van der Waals surface area (Å²) in [5.41, 5.74) is 0.906. The number of hydrogen-bond donors (Lipinski definition) is 2. The highest BCUT2D eigenvalue weighted by atomic mass is 32.2. The lowest BCUT2D eigenvalue weighted by Crippen LogP contribution is -2.14. The van der Waals surface area contributed by atoms with Gasteiger partial charge in [-0.3, -0.25) is 4.72 Å². The number of nitrogens with zero attached hydrogens (tertiary/aromatic N) is 3. The molecule has 9 heteroatoms. The van der Waals surface area contributed by atoms with Crippen molar-refractivity contribution in [2.75, 3.05) is 11.3 Å². The van der Waals surface area contributed by atoms with Crippen LogP contribution in [0.1, 0.15) is 24.5 Å². The van der Waals surface area contributed by atoms with Gasteiger partial charge in [-0.05, 0) is 19.0 Å². The third-order valence-electron chi connectivity index (χ3n) is 2.94. The summed E-state index contributed by atoms with van der Waals surface area (Å²) in [7, 11) is -1.80. The average Bonchev–Trinajstić information content (AvgIpc) is 3.03. The van der Waals surface area contributed by atoms with Crippen molar-refractivity contribution < 1.29 is 8.42 Å².